The van der Waals surface area contributed by atoms with Gasteiger partial charge < -0.3 is 16.0 Å². The lowest BCUT2D eigenvalue weighted by Crippen LogP contribution is -2.59. The average Bonchev–Trinajstić information content (AvgIpc) is 2.76. The summed E-state index contributed by atoms with van der Waals surface area (Å²) < 4.78 is 0.267. The highest BCUT2D eigenvalue weighted by Gasteiger charge is 2.52. The summed E-state index contributed by atoms with van der Waals surface area (Å²) in [6.45, 7) is 19.0. The second-order valence-corrected chi connectivity index (χ2v) is 10.0. The van der Waals surface area contributed by atoms with Gasteiger partial charge in [-0.25, -0.2) is 0 Å². The van der Waals surface area contributed by atoms with Crippen LogP contribution in [0.4, 0.5) is 0 Å². The molecule has 3 nitrogen and oxygen atoms in total. The summed E-state index contributed by atoms with van der Waals surface area (Å²) >= 11 is 2.02. The largest absolute Gasteiger partial charge is 0.374 e. The van der Waals surface area contributed by atoms with Gasteiger partial charge in [-0.05, 0) is 44.9 Å². The Bertz CT molecular complexity index is 819. The Balaban J connectivity index is 1.73. The summed E-state index contributed by atoms with van der Waals surface area (Å²) in [7, 11) is 0. The minimum atomic E-state index is 0.239. The molecule has 0 aromatic heterocycles. The maximum Gasteiger partial charge on any atom is 0.101 e. The summed E-state index contributed by atoms with van der Waals surface area (Å²) in [4.78, 5) is 2.41. The highest BCUT2D eigenvalue weighted by Crippen LogP contribution is 2.50. The molecular weight excluding hydrogens is 350 g/mol. The van der Waals surface area contributed by atoms with Gasteiger partial charge in [0.25, 0.3) is 0 Å². The molecule has 0 aromatic rings. The van der Waals surface area contributed by atoms with E-state index in [1.807, 2.05) is 17.8 Å². The minimum absolute atomic E-state index is 0.239. The Kier molecular flexibility index (Phi) is 5.62. The van der Waals surface area contributed by atoms with Crippen LogP contribution in [0.5, 0.6) is 0 Å². The molecule has 2 aliphatic heterocycles. The van der Waals surface area contributed by atoms with Crippen molar-refractivity contribution >= 4 is 11.8 Å². The first-order valence-electron chi connectivity index (χ1n) is 9.50. The predicted octanol–water partition coefficient (Wildman–Crippen LogP) is 4.40. The Labute approximate surface area is 168 Å². The van der Waals surface area contributed by atoms with Crippen LogP contribution in [-0.4, -0.2) is 34.2 Å². The van der Waals surface area contributed by atoms with Gasteiger partial charge in [-0.3, -0.25) is 0 Å². The van der Waals surface area contributed by atoms with Crippen molar-refractivity contribution in [3.63, 3.8) is 0 Å². The van der Waals surface area contributed by atoms with Gasteiger partial charge in [-0.15, -0.1) is 17.5 Å². The Morgan fingerprint density at radius 2 is 2.19 bits per heavy atom. The lowest BCUT2D eigenvalue weighted by atomic mass is 9.95. The summed E-state index contributed by atoms with van der Waals surface area (Å²) in [6, 6.07) is 0.239. The fourth-order valence-electron chi connectivity index (χ4n) is 3.69. The Hall–Kier alpha value is -1.87. The van der Waals surface area contributed by atoms with Crippen LogP contribution in [0.3, 0.4) is 0 Å². The molecule has 2 unspecified atom stereocenters. The van der Waals surface area contributed by atoms with E-state index in [0.717, 1.165) is 35.5 Å². The molecule has 4 heteroatoms. The number of nitrogens with zero attached hydrogens (tertiary/aromatic N) is 1. The fraction of sp³-hybridized carbons (Fsp3) is 0.435. The smallest absolute Gasteiger partial charge is 0.101 e. The quantitative estimate of drug-likeness (QED) is 0.528. The SMILES string of the molecule is C=C(NC1C(=C)N2CC(C)(C)SC12)/C(CC1=C=CC=C(C)C=C1)=C(\C)CN. The predicted molar refractivity (Wildman–Crippen MR) is 118 cm³/mol. The summed E-state index contributed by atoms with van der Waals surface area (Å²) in [5.41, 5.74) is 16.1. The van der Waals surface area contributed by atoms with Crippen molar-refractivity contribution in [3.8, 4) is 0 Å². The molecule has 3 N–H and O–H groups in total. The molecule has 0 bridgehead atoms. The minimum Gasteiger partial charge on any atom is -0.374 e. The lowest BCUT2D eigenvalue weighted by Gasteiger charge is -2.47. The third kappa shape index (κ3) is 4.19. The van der Waals surface area contributed by atoms with Gasteiger partial charge in [-0.1, -0.05) is 42.5 Å². The topological polar surface area (TPSA) is 41.3 Å². The van der Waals surface area contributed by atoms with Crippen molar-refractivity contribution in [2.24, 2.45) is 5.73 Å². The second-order valence-electron chi connectivity index (χ2n) is 8.21. The van der Waals surface area contributed by atoms with E-state index < -0.39 is 0 Å². The normalized spacial score (nSPS) is 26.6. The molecule has 2 atom stereocenters. The monoisotopic (exact) mass is 381 g/mol. The summed E-state index contributed by atoms with van der Waals surface area (Å²) in [6.07, 6.45) is 9.09. The van der Waals surface area contributed by atoms with Crippen LogP contribution in [0.15, 0.2) is 76.9 Å². The van der Waals surface area contributed by atoms with Crippen molar-refractivity contribution in [2.75, 3.05) is 13.1 Å². The molecule has 3 aliphatic rings. The van der Waals surface area contributed by atoms with E-state index in [4.69, 9.17) is 5.73 Å². The molecule has 0 spiro atoms. The first-order chi connectivity index (χ1) is 12.7. The van der Waals surface area contributed by atoms with Crippen molar-refractivity contribution < 1.29 is 0 Å². The van der Waals surface area contributed by atoms with Crippen molar-refractivity contribution in [2.45, 2.75) is 50.3 Å². The molecule has 144 valence electrons. The van der Waals surface area contributed by atoms with Crippen LogP contribution >= 0.6 is 11.8 Å². The van der Waals surface area contributed by atoms with Crippen LogP contribution in [-0.2, 0) is 0 Å². The first-order valence-corrected chi connectivity index (χ1v) is 10.4. The third-order valence-electron chi connectivity index (χ3n) is 5.36. The zero-order valence-corrected chi connectivity index (χ0v) is 17.7. The average molecular weight is 382 g/mol. The van der Waals surface area contributed by atoms with Crippen LogP contribution < -0.4 is 11.1 Å². The fourth-order valence-corrected chi connectivity index (χ4v) is 5.25. The van der Waals surface area contributed by atoms with E-state index in [2.05, 4.69) is 75.0 Å². The standard InChI is InChI=1S/C23H31N3S/c1-15-8-7-9-19(11-10-15)12-20(16(2)13-24)17(3)25-21-18(4)26-14-23(5,6)27-22(21)26/h7-8,10-11,21-22,25H,3-4,12-14,24H2,1-2,5-6H3/b20-16+. The van der Waals surface area contributed by atoms with E-state index in [0.29, 0.717) is 11.9 Å². The highest BCUT2D eigenvalue weighted by atomic mass is 32.2. The zero-order valence-electron chi connectivity index (χ0n) is 16.9. The summed E-state index contributed by atoms with van der Waals surface area (Å²) in [5, 5.41) is 4.08. The van der Waals surface area contributed by atoms with E-state index in [9.17, 15) is 0 Å². The Morgan fingerprint density at radius 3 is 2.89 bits per heavy atom. The second kappa shape index (κ2) is 7.63. The van der Waals surface area contributed by atoms with Crippen LogP contribution in [0, 0.1) is 0 Å². The zero-order chi connectivity index (χ0) is 19.8. The first kappa shape index (κ1) is 19.9. The molecular formula is C23H31N3S. The molecule has 3 rings (SSSR count). The number of nitrogens with two attached hydrogens (primary N) is 1. The van der Waals surface area contributed by atoms with Gasteiger partial charge in [0, 0.05) is 35.7 Å². The van der Waals surface area contributed by atoms with Crippen LogP contribution in [0.25, 0.3) is 0 Å². The van der Waals surface area contributed by atoms with Gasteiger partial charge >= 0.3 is 0 Å². The van der Waals surface area contributed by atoms with E-state index >= 15 is 0 Å². The van der Waals surface area contributed by atoms with Gasteiger partial charge in [0.05, 0.1) is 6.04 Å². The maximum atomic E-state index is 5.97. The lowest BCUT2D eigenvalue weighted by molar-refractivity contribution is 0.192. The van der Waals surface area contributed by atoms with Gasteiger partial charge in [-0.2, -0.15) is 0 Å². The number of hydrogen-bond donors (Lipinski definition) is 2. The van der Waals surface area contributed by atoms with Gasteiger partial charge in [0.1, 0.15) is 5.37 Å². The van der Waals surface area contributed by atoms with Gasteiger partial charge in [0.15, 0.2) is 0 Å². The number of nitrogens with one attached hydrogen (secondary N) is 1. The van der Waals surface area contributed by atoms with Crippen molar-refractivity contribution in [1.29, 1.82) is 0 Å². The number of hydrogen-bond acceptors (Lipinski definition) is 4. The number of fused-ring (bicyclic) bond motifs is 1. The summed E-state index contributed by atoms with van der Waals surface area (Å²) in [5.74, 6) is 0. The molecule has 1 aliphatic carbocycles. The molecule has 2 fully saturated rings. The van der Waals surface area contributed by atoms with Crippen molar-refractivity contribution in [3.05, 3.63) is 76.9 Å². The van der Waals surface area contributed by atoms with Gasteiger partial charge in [0.2, 0.25) is 0 Å². The molecule has 0 aromatic carbocycles. The third-order valence-corrected chi connectivity index (χ3v) is 6.89. The highest BCUT2D eigenvalue weighted by molar-refractivity contribution is 8.01. The molecule has 2 heterocycles. The van der Waals surface area contributed by atoms with Crippen LogP contribution in [0.1, 0.15) is 34.1 Å². The Morgan fingerprint density at radius 1 is 1.44 bits per heavy atom. The van der Waals surface area contributed by atoms with E-state index in [-0.39, 0.29) is 10.8 Å². The molecule has 0 saturated carbocycles. The molecule has 0 radical (unpaired) electrons. The van der Waals surface area contributed by atoms with E-state index in [1.165, 1.54) is 11.1 Å². The van der Waals surface area contributed by atoms with E-state index in [1.54, 1.807) is 0 Å². The van der Waals surface area contributed by atoms with Crippen LogP contribution in [0.2, 0.25) is 0 Å². The number of rotatable bonds is 6. The maximum absolute atomic E-state index is 5.97. The number of thioether (sulfide) groups is 1. The molecule has 2 saturated heterocycles. The number of allylic oxidation sites excluding steroid dienone is 6. The van der Waals surface area contributed by atoms with Crippen molar-refractivity contribution in [1.82, 2.24) is 10.2 Å². The molecule has 27 heavy (non-hydrogen) atoms. The molecule has 0 amide bonds.